The molecule has 0 aromatic rings. The van der Waals surface area contributed by atoms with E-state index >= 15 is 0 Å². The van der Waals surface area contributed by atoms with E-state index in [1.54, 1.807) is 0 Å². The van der Waals surface area contributed by atoms with E-state index in [1.165, 1.54) is 12.0 Å². The summed E-state index contributed by atoms with van der Waals surface area (Å²) in [5.41, 5.74) is 1.78. The Morgan fingerprint density at radius 3 is 3.08 bits per heavy atom. The molecule has 0 amide bonds. The molecule has 0 aromatic carbocycles. The van der Waals surface area contributed by atoms with Crippen LogP contribution >= 0.6 is 0 Å². The topological polar surface area (TPSA) is 12.4 Å². The molecule has 1 saturated carbocycles. The summed E-state index contributed by atoms with van der Waals surface area (Å²) in [5, 5.41) is 0. The van der Waals surface area contributed by atoms with Crippen molar-refractivity contribution in [2.45, 2.75) is 20.3 Å². The quantitative estimate of drug-likeness (QED) is 0.533. The fraction of sp³-hybridized carbons (Fsp3) is 0.417. The van der Waals surface area contributed by atoms with Crippen molar-refractivity contribution in [2.24, 2.45) is 16.3 Å². The SMILES string of the molecule is C1=CC2CC23C=NC=CC3=C1.CC. The van der Waals surface area contributed by atoms with Crippen molar-refractivity contribution in [3.63, 3.8) is 0 Å². The van der Waals surface area contributed by atoms with E-state index in [1.807, 2.05) is 20.0 Å². The average molecular weight is 173 g/mol. The minimum absolute atomic E-state index is 0.337. The molecule has 68 valence electrons. The average Bonchev–Trinajstić information content (AvgIpc) is 2.92. The number of hydrogen-bond donors (Lipinski definition) is 0. The summed E-state index contributed by atoms with van der Waals surface area (Å²) in [6.45, 7) is 4.00. The highest BCUT2D eigenvalue weighted by Gasteiger charge is 2.54. The van der Waals surface area contributed by atoms with Crippen molar-refractivity contribution in [3.05, 3.63) is 36.1 Å². The highest BCUT2D eigenvalue weighted by Crippen LogP contribution is 2.59. The summed E-state index contributed by atoms with van der Waals surface area (Å²) in [6, 6.07) is 0. The molecule has 13 heavy (non-hydrogen) atoms. The van der Waals surface area contributed by atoms with E-state index in [9.17, 15) is 0 Å². The molecule has 2 atom stereocenters. The van der Waals surface area contributed by atoms with Crippen LogP contribution in [0.5, 0.6) is 0 Å². The summed E-state index contributed by atoms with van der Waals surface area (Å²) >= 11 is 0. The summed E-state index contributed by atoms with van der Waals surface area (Å²) in [5.74, 6) is 0.746. The molecular formula is C12H15N. The Morgan fingerprint density at radius 2 is 2.31 bits per heavy atom. The zero-order valence-electron chi connectivity index (χ0n) is 8.20. The van der Waals surface area contributed by atoms with Crippen molar-refractivity contribution < 1.29 is 0 Å². The monoisotopic (exact) mass is 173 g/mol. The Hall–Kier alpha value is -1.11. The van der Waals surface area contributed by atoms with Crippen molar-refractivity contribution in [1.82, 2.24) is 0 Å². The molecule has 0 saturated heterocycles. The number of aliphatic imine (C=N–C) groups is 1. The highest BCUT2D eigenvalue weighted by atomic mass is 14.8. The zero-order chi connectivity index (χ0) is 9.31. The molecule has 1 aliphatic heterocycles. The largest absolute Gasteiger partial charge is 0.268 e. The molecule has 0 N–H and O–H groups in total. The van der Waals surface area contributed by atoms with Gasteiger partial charge in [0, 0.05) is 17.8 Å². The maximum absolute atomic E-state index is 4.19. The van der Waals surface area contributed by atoms with Gasteiger partial charge in [-0.2, -0.15) is 0 Å². The van der Waals surface area contributed by atoms with Crippen LogP contribution in [-0.4, -0.2) is 6.21 Å². The molecule has 0 radical (unpaired) electrons. The Bertz CT molecular complexity index is 320. The molecule has 2 aliphatic carbocycles. The molecule has 0 bridgehead atoms. The molecule has 1 heterocycles. The van der Waals surface area contributed by atoms with E-state index in [4.69, 9.17) is 0 Å². The van der Waals surface area contributed by atoms with Crippen LogP contribution in [0.15, 0.2) is 41.1 Å². The van der Waals surface area contributed by atoms with Crippen LogP contribution in [0.4, 0.5) is 0 Å². The van der Waals surface area contributed by atoms with Gasteiger partial charge in [0.15, 0.2) is 0 Å². The summed E-state index contributed by atoms with van der Waals surface area (Å²) in [6.07, 6.45) is 14.0. The lowest BCUT2D eigenvalue weighted by molar-refractivity contribution is 0.804. The number of nitrogens with zero attached hydrogens (tertiary/aromatic N) is 1. The second-order valence-corrected chi connectivity index (χ2v) is 3.45. The van der Waals surface area contributed by atoms with Gasteiger partial charge in [0.25, 0.3) is 0 Å². The fourth-order valence-electron chi connectivity index (χ4n) is 2.06. The van der Waals surface area contributed by atoms with Gasteiger partial charge in [0.05, 0.1) is 0 Å². The van der Waals surface area contributed by atoms with Crippen LogP contribution in [0.25, 0.3) is 0 Å². The van der Waals surface area contributed by atoms with Crippen molar-refractivity contribution in [1.29, 1.82) is 0 Å². The second-order valence-electron chi connectivity index (χ2n) is 3.45. The molecule has 1 fully saturated rings. The molecule has 2 unspecified atom stereocenters. The zero-order valence-corrected chi connectivity index (χ0v) is 8.20. The minimum atomic E-state index is 0.337. The van der Waals surface area contributed by atoms with Crippen LogP contribution in [0.3, 0.4) is 0 Å². The Balaban J connectivity index is 0.000000308. The van der Waals surface area contributed by atoms with Crippen molar-refractivity contribution in [3.8, 4) is 0 Å². The Kier molecular flexibility index (Phi) is 1.95. The Morgan fingerprint density at radius 1 is 1.46 bits per heavy atom. The van der Waals surface area contributed by atoms with Crippen molar-refractivity contribution in [2.75, 3.05) is 0 Å². The highest BCUT2D eigenvalue weighted by molar-refractivity contribution is 5.80. The van der Waals surface area contributed by atoms with E-state index < -0.39 is 0 Å². The minimum Gasteiger partial charge on any atom is -0.268 e. The molecule has 1 spiro atoms. The van der Waals surface area contributed by atoms with Gasteiger partial charge < -0.3 is 0 Å². The summed E-state index contributed by atoms with van der Waals surface area (Å²) < 4.78 is 0. The van der Waals surface area contributed by atoms with Crippen LogP contribution in [-0.2, 0) is 0 Å². The first-order valence-corrected chi connectivity index (χ1v) is 5.02. The normalized spacial score (nSPS) is 36.8. The van der Waals surface area contributed by atoms with Crippen LogP contribution in [0, 0.1) is 11.3 Å². The number of allylic oxidation sites excluding steroid dienone is 5. The van der Waals surface area contributed by atoms with Crippen molar-refractivity contribution >= 4 is 6.21 Å². The maximum atomic E-state index is 4.19. The first kappa shape index (κ1) is 8.49. The second kappa shape index (κ2) is 2.99. The Labute approximate surface area is 79.6 Å². The lowest BCUT2D eigenvalue weighted by Gasteiger charge is -2.17. The van der Waals surface area contributed by atoms with E-state index in [0.717, 1.165) is 5.92 Å². The predicted octanol–water partition coefficient (Wildman–Crippen LogP) is 3.11. The summed E-state index contributed by atoms with van der Waals surface area (Å²) in [7, 11) is 0. The van der Waals surface area contributed by atoms with E-state index in [-0.39, 0.29) is 0 Å². The van der Waals surface area contributed by atoms with Gasteiger partial charge in [-0.25, -0.2) is 0 Å². The number of hydrogen-bond acceptors (Lipinski definition) is 1. The maximum Gasteiger partial charge on any atom is 0.0375 e. The molecule has 3 rings (SSSR count). The van der Waals surface area contributed by atoms with Crippen LogP contribution in [0.2, 0.25) is 0 Å². The van der Waals surface area contributed by atoms with Crippen LogP contribution < -0.4 is 0 Å². The predicted molar refractivity (Wildman–Crippen MR) is 56.7 cm³/mol. The number of rotatable bonds is 0. The van der Waals surface area contributed by atoms with Gasteiger partial charge in [-0.15, -0.1) is 0 Å². The lowest BCUT2D eigenvalue weighted by Crippen LogP contribution is -2.11. The molecule has 3 aliphatic rings. The van der Waals surface area contributed by atoms with Gasteiger partial charge in [-0.1, -0.05) is 32.1 Å². The van der Waals surface area contributed by atoms with E-state index in [0.29, 0.717) is 5.41 Å². The first-order chi connectivity index (χ1) is 6.42. The van der Waals surface area contributed by atoms with Gasteiger partial charge in [0.1, 0.15) is 0 Å². The van der Waals surface area contributed by atoms with Gasteiger partial charge in [-0.3, -0.25) is 4.99 Å². The van der Waals surface area contributed by atoms with Gasteiger partial charge in [-0.05, 0) is 24.0 Å². The standard InChI is InChI=1S/C10H9N.C2H6/c1-2-8-4-5-11-7-10(8)6-9(10)3-1;1-2/h1-5,7,9H,6H2;1-2H3. The van der Waals surface area contributed by atoms with Gasteiger partial charge in [0.2, 0.25) is 0 Å². The third-order valence-corrected chi connectivity index (χ3v) is 2.86. The molecule has 1 nitrogen and oxygen atoms in total. The fourth-order valence-corrected chi connectivity index (χ4v) is 2.06. The molecule has 0 aromatic heterocycles. The third kappa shape index (κ3) is 1.11. The van der Waals surface area contributed by atoms with Crippen LogP contribution in [0.1, 0.15) is 20.3 Å². The first-order valence-electron chi connectivity index (χ1n) is 5.02. The van der Waals surface area contributed by atoms with E-state index in [2.05, 4.69) is 35.5 Å². The molecule has 1 heteroatoms. The van der Waals surface area contributed by atoms with Gasteiger partial charge >= 0.3 is 0 Å². The lowest BCUT2D eigenvalue weighted by atomic mass is 9.89. The molecular weight excluding hydrogens is 158 g/mol. The summed E-state index contributed by atoms with van der Waals surface area (Å²) in [4.78, 5) is 4.19. The third-order valence-electron chi connectivity index (χ3n) is 2.86. The smallest absolute Gasteiger partial charge is 0.0375 e.